The molecule has 3 N–H and O–H groups in total. The minimum atomic E-state index is -0.476. The number of rotatable bonds is 8. The van der Waals surface area contributed by atoms with E-state index in [1.54, 1.807) is 7.05 Å². The van der Waals surface area contributed by atoms with Crippen LogP contribution < -0.4 is 16.4 Å². The van der Waals surface area contributed by atoms with Crippen LogP contribution in [0.1, 0.15) is 43.2 Å². The largest absolute Gasteiger partial charge is 0.437 e. The summed E-state index contributed by atoms with van der Waals surface area (Å²) in [6, 6.07) is 13.7. The fourth-order valence-corrected chi connectivity index (χ4v) is 7.56. The number of nitrogen functional groups attached to an aromatic ring is 1. The molecule has 3 fully saturated rings. The number of carbonyl (C=O) groups excluding carboxylic acids is 1. The number of aryl methyl sites for hydroxylation is 1. The van der Waals surface area contributed by atoms with Crippen molar-refractivity contribution in [2.45, 2.75) is 32.1 Å². The fourth-order valence-electron chi connectivity index (χ4n) is 7.56. The highest BCUT2D eigenvalue weighted by Crippen LogP contribution is 2.43. The highest BCUT2D eigenvalue weighted by atomic mass is 16.5. The number of hydrogen-bond acceptors (Lipinski definition) is 9. The normalized spacial score (nSPS) is 22.3. The predicted molar refractivity (Wildman–Crippen MR) is 182 cm³/mol. The van der Waals surface area contributed by atoms with Crippen LogP contribution >= 0.6 is 0 Å². The number of amides is 1. The third-order valence-electron chi connectivity index (χ3n) is 10.5. The van der Waals surface area contributed by atoms with E-state index in [4.69, 9.17) is 20.3 Å². The van der Waals surface area contributed by atoms with Crippen molar-refractivity contribution in [3.05, 3.63) is 82.5 Å². The summed E-state index contributed by atoms with van der Waals surface area (Å²) in [6.07, 6.45) is 6.49. The number of nitrogens with zero attached hydrogens (tertiary/aromatic N) is 5. The molecule has 5 heterocycles. The molecule has 0 radical (unpaired) electrons. The van der Waals surface area contributed by atoms with Crippen LogP contribution in [0.3, 0.4) is 0 Å². The average Bonchev–Trinajstić information content (AvgIpc) is 3.77. The van der Waals surface area contributed by atoms with E-state index in [1.807, 2.05) is 47.4 Å². The predicted octanol–water partition coefficient (Wildman–Crippen LogP) is 4.15. The Labute approximate surface area is 274 Å². The molecule has 11 nitrogen and oxygen atoms in total. The Bertz CT molecular complexity index is 1780. The number of aromatic nitrogens is 2. The SMILES string of the molecule is C=C(CN1CC[C@]2(CCN(c3ccc(N)c(C(=N)C4CCOCC4)c3)C2=O)C1)N1CC=C(c2ccc(-c3nn(C)c(=O)o3)cc2)CC1. The number of carbonyl (C=O) groups is 1. The van der Waals surface area contributed by atoms with Crippen LogP contribution in [-0.2, 0) is 16.6 Å². The van der Waals surface area contributed by atoms with Crippen molar-refractivity contribution in [2.75, 3.05) is 63.1 Å². The van der Waals surface area contributed by atoms with Crippen LogP contribution in [0.25, 0.3) is 17.0 Å². The van der Waals surface area contributed by atoms with E-state index >= 15 is 0 Å². The fraction of sp³-hybridized carbons (Fsp3) is 0.444. The summed E-state index contributed by atoms with van der Waals surface area (Å²) in [5, 5.41) is 13.0. The molecule has 2 aromatic carbocycles. The lowest BCUT2D eigenvalue weighted by Gasteiger charge is -2.32. The van der Waals surface area contributed by atoms with Crippen molar-refractivity contribution in [3.8, 4) is 11.5 Å². The van der Waals surface area contributed by atoms with Gasteiger partial charge in [0.25, 0.3) is 0 Å². The van der Waals surface area contributed by atoms with Gasteiger partial charge in [-0.2, -0.15) is 4.68 Å². The van der Waals surface area contributed by atoms with E-state index < -0.39 is 5.76 Å². The first-order valence-corrected chi connectivity index (χ1v) is 16.6. The quantitative estimate of drug-likeness (QED) is 0.278. The van der Waals surface area contributed by atoms with Gasteiger partial charge in [0, 0.05) is 92.8 Å². The van der Waals surface area contributed by atoms with Crippen LogP contribution in [0.5, 0.6) is 0 Å². The zero-order chi connectivity index (χ0) is 32.7. The lowest BCUT2D eigenvalue weighted by atomic mass is 9.85. The Hall–Kier alpha value is -4.48. The third-order valence-corrected chi connectivity index (χ3v) is 10.5. The van der Waals surface area contributed by atoms with Gasteiger partial charge in [0.1, 0.15) is 0 Å². The molecule has 0 saturated carbocycles. The first kappa shape index (κ1) is 31.1. The standard InChI is InChI=1S/C36H43N7O4/c1-24(42-15-9-26(10-16-42)25-3-5-28(6-4-25)33-39-40(2)35(45)47-33)22-41-17-13-36(23-41)14-18-43(34(36)44)29-7-8-31(37)30(21-29)32(38)27-11-19-46-20-12-27/h3-9,21,27,38H,1,10-20,22-23,37H2,2H3/t36-/m0/s1. The van der Waals surface area contributed by atoms with Gasteiger partial charge >= 0.3 is 5.76 Å². The molecular formula is C36H43N7O4. The van der Waals surface area contributed by atoms with E-state index in [0.717, 1.165) is 92.9 Å². The first-order valence-electron chi connectivity index (χ1n) is 16.6. The van der Waals surface area contributed by atoms with Gasteiger partial charge in [-0.15, -0.1) is 5.10 Å². The Morgan fingerprint density at radius 1 is 1.06 bits per heavy atom. The van der Waals surface area contributed by atoms with Gasteiger partial charge in [-0.1, -0.05) is 24.8 Å². The summed E-state index contributed by atoms with van der Waals surface area (Å²) in [5.74, 6) is 0.162. The second kappa shape index (κ2) is 12.6. The lowest BCUT2D eigenvalue weighted by molar-refractivity contribution is -0.125. The maximum Gasteiger partial charge on any atom is 0.437 e. The molecule has 3 aromatic rings. The van der Waals surface area contributed by atoms with Crippen molar-refractivity contribution in [3.63, 3.8) is 0 Å². The minimum Gasteiger partial charge on any atom is -0.398 e. The molecule has 0 bridgehead atoms. The van der Waals surface area contributed by atoms with Crippen LogP contribution in [0, 0.1) is 16.7 Å². The number of ether oxygens (including phenoxy) is 1. The average molecular weight is 638 g/mol. The summed E-state index contributed by atoms with van der Waals surface area (Å²) in [5.41, 5.74) is 12.9. The van der Waals surface area contributed by atoms with E-state index in [2.05, 4.69) is 27.6 Å². The molecule has 0 aliphatic carbocycles. The molecular weight excluding hydrogens is 594 g/mol. The van der Waals surface area contributed by atoms with E-state index in [1.165, 1.54) is 10.3 Å². The molecule has 4 aliphatic heterocycles. The molecule has 1 spiro atoms. The van der Waals surface area contributed by atoms with Gasteiger partial charge in [-0.25, -0.2) is 4.79 Å². The van der Waals surface area contributed by atoms with Gasteiger partial charge in [0.05, 0.1) is 5.41 Å². The number of nitrogens with two attached hydrogens (primary N) is 1. The Morgan fingerprint density at radius 2 is 1.81 bits per heavy atom. The molecule has 1 aromatic heterocycles. The third kappa shape index (κ3) is 6.05. The van der Waals surface area contributed by atoms with Gasteiger partial charge < -0.3 is 30.1 Å². The topological polar surface area (TPSA) is 134 Å². The maximum absolute atomic E-state index is 14.0. The van der Waals surface area contributed by atoms with Gasteiger partial charge in [0.15, 0.2) is 0 Å². The highest BCUT2D eigenvalue weighted by molar-refractivity contribution is 6.07. The first-order chi connectivity index (χ1) is 22.7. The molecule has 11 heteroatoms. The van der Waals surface area contributed by atoms with Gasteiger partial charge in [-0.3, -0.25) is 9.69 Å². The minimum absolute atomic E-state index is 0.136. The second-order valence-corrected chi connectivity index (χ2v) is 13.4. The summed E-state index contributed by atoms with van der Waals surface area (Å²) in [7, 11) is 1.57. The van der Waals surface area contributed by atoms with Crippen molar-refractivity contribution in [1.82, 2.24) is 19.6 Å². The molecule has 47 heavy (non-hydrogen) atoms. The van der Waals surface area contributed by atoms with Crippen LogP contribution in [0.2, 0.25) is 0 Å². The van der Waals surface area contributed by atoms with Crippen molar-refractivity contribution >= 4 is 28.6 Å². The molecule has 246 valence electrons. The number of nitrogens with one attached hydrogen (secondary N) is 1. The maximum atomic E-state index is 14.0. The molecule has 3 saturated heterocycles. The molecule has 1 amide bonds. The number of hydrogen-bond donors (Lipinski definition) is 2. The van der Waals surface area contributed by atoms with Crippen LogP contribution in [0.15, 0.2) is 70.0 Å². The zero-order valence-electron chi connectivity index (χ0n) is 27.0. The number of likely N-dealkylation sites (tertiary alicyclic amines) is 1. The summed E-state index contributed by atoms with van der Waals surface area (Å²) >= 11 is 0. The number of benzene rings is 2. The van der Waals surface area contributed by atoms with E-state index in [0.29, 0.717) is 37.0 Å². The monoisotopic (exact) mass is 637 g/mol. The van der Waals surface area contributed by atoms with E-state index in [-0.39, 0.29) is 17.2 Å². The van der Waals surface area contributed by atoms with Gasteiger partial charge in [0.2, 0.25) is 11.8 Å². The lowest BCUT2D eigenvalue weighted by Crippen LogP contribution is -2.39. The summed E-state index contributed by atoms with van der Waals surface area (Å²) in [6.45, 7) is 10.5. The van der Waals surface area contributed by atoms with Crippen LogP contribution in [-0.4, -0.2) is 83.7 Å². The Kier molecular flexibility index (Phi) is 8.36. The van der Waals surface area contributed by atoms with Crippen molar-refractivity contribution < 1.29 is 13.9 Å². The van der Waals surface area contributed by atoms with Crippen LogP contribution in [0.4, 0.5) is 11.4 Å². The summed E-state index contributed by atoms with van der Waals surface area (Å²) in [4.78, 5) is 32.2. The zero-order valence-corrected chi connectivity index (χ0v) is 27.0. The number of anilines is 2. The van der Waals surface area contributed by atoms with Crippen molar-refractivity contribution in [2.24, 2.45) is 18.4 Å². The Morgan fingerprint density at radius 3 is 2.51 bits per heavy atom. The second-order valence-electron chi connectivity index (χ2n) is 13.4. The molecule has 4 aliphatic rings. The molecule has 0 unspecified atom stereocenters. The summed E-state index contributed by atoms with van der Waals surface area (Å²) < 4.78 is 11.9. The smallest absolute Gasteiger partial charge is 0.398 e. The van der Waals surface area contributed by atoms with Crippen molar-refractivity contribution in [1.29, 1.82) is 5.41 Å². The Balaban J connectivity index is 0.946. The molecule has 1 atom stereocenters. The van der Waals surface area contributed by atoms with Gasteiger partial charge in [-0.05, 0) is 80.1 Å². The van der Waals surface area contributed by atoms with E-state index in [9.17, 15) is 9.59 Å². The highest BCUT2D eigenvalue weighted by Gasteiger charge is 2.51. The molecule has 7 rings (SSSR count).